The first-order valence-corrected chi connectivity index (χ1v) is 6.37. The Labute approximate surface area is 117 Å². The molecule has 0 aliphatic carbocycles. The first kappa shape index (κ1) is 14.1. The molecule has 0 radical (unpaired) electrons. The number of ether oxygens (including phenoxy) is 1. The molecule has 2 rings (SSSR count). The third-order valence-electron chi connectivity index (χ3n) is 2.85. The fourth-order valence-corrected chi connectivity index (χ4v) is 1.77. The van der Waals surface area contributed by atoms with Gasteiger partial charge in [-0.2, -0.15) is 0 Å². The van der Waals surface area contributed by atoms with Crippen LogP contribution < -0.4 is 10.6 Å². The fraction of sp³-hybridized carbons (Fsp3) is 0.385. The van der Waals surface area contributed by atoms with E-state index in [2.05, 4.69) is 15.2 Å². The van der Waals surface area contributed by atoms with Crippen LogP contribution >= 0.6 is 0 Å². The topological polar surface area (TPSA) is 101 Å². The van der Waals surface area contributed by atoms with Gasteiger partial charge in [-0.05, 0) is 12.1 Å². The highest BCUT2D eigenvalue weighted by molar-refractivity contribution is 5.77. The summed E-state index contributed by atoms with van der Waals surface area (Å²) in [4.78, 5) is 6.41. The minimum Gasteiger partial charge on any atom is -0.388 e. The maximum atomic E-state index is 7.32. The van der Waals surface area contributed by atoms with Gasteiger partial charge < -0.3 is 15.4 Å². The van der Waals surface area contributed by atoms with Crippen LogP contribution in [0.25, 0.3) is 11.0 Å². The average molecular weight is 274 g/mol. The van der Waals surface area contributed by atoms with E-state index in [0.717, 1.165) is 11.0 Å². The minimum atomic E-state index is 0.140. The third-order valence-corrected chi connectivity index (χ3v) is 2.85. The van der Waals surface area contributed by atoms with Crippen molar-refractivity contribution < 1.29 is 4.74 Å². The lowest BCUT2D eigenvalue weighted by Gasteiger charge is -2.21. The Balaban J connectivity index is 2.21. The summed E-state index contributed by atoms with van der Waals surface area (Å²) in [6.07, 6.45) is 0.458. The van der Waals surface area contributed by atoms with Crippen molar-refractivity contribution in [3.8, 4) is 0 Å². The van der Waals surface area contributed by atoms with Crippen molar-refractivity contribution in [3.63, 3.8) is 0 Å². The normalized spacial score (nSPS) is 10.7. The molecule has 1 aromatic heterocycles. The van der Waals surface area contributed by atoms with E-state index < -0.39 is 0 Å². The van der Waals surface area contributed by atoms with Gasteiger partial charge in [0.25, 0.3) is 0 Å². The highest BCUT2D eigenvalue weighted by Crippen LogP contribution is 2.12. The van der Waals surface area contributed by atoms with Crippen molar-refractivity contribution in [1.82, 2.24) is 15.2 Å². The van der Waals surface area contributed by atoms with Gasteiger partial charge in [-0.25, -0.2) is 4.98 Å². The van der Waals surface area contributed by atoms with Crippen molar-refractivity contribution >= 4 is 22.8 Å². The SMILES string of the molecule is COCCN(CCC(=N)N)c1nnc2ccccc2n1. The smallest absolute Gasteiger partial charge is 0.246 e. The molecule has 2 aromatic rings. The summed E-state index contributed by atoms with van der Waals surface area (Å²) in [5.41, 5.74) is 6.96. The van der Waals surface area contributed by atoms with Gasteiger partial charge in [0, 0.05) is 26.6 Å². The van der Waals surface area contributed by atoms with Crippen LogP contribution in [0.3, 0.4) is 0 Å². The lowest BCUT2D eigenvalue weighted by molar-refractivity contribution is 0.205. The molecule has 0 aliphatic heterocycles. The Bertz CT molecular complexity index is 588. The van der Waals surface area contributed by atoms with E-state index in [0.29, 0.717) is 32.1 Å². The molecule has 106 valence electrons. The number of benzene rings is 1. The third kappa shape index (κ3) is 3.61. The molecule has 0 unspecified atom stereocenters. The van der Waals surface area contributed by atoms with Gasteiger partial charge in [0.05, 0.1) is 18.0 Å². The van der Waals surface area contributed by atoms with E-state index in [4.69, 9.17) is 15.9 Å². The molecule has 0 saturated carbocycles. The lowest BCUT2D eigenvalue weighted by atomic mass is 10.3. The summed E-state index contributed by atoms with van der Waals surface area (Å²) >= 11 is 0. The number of nitrogens with two attached hydrogens (primary N) is 1. The highest BCUT2D eigenvalue weighted by Gasteiger charge is 2.11. The van der Waals surface area contributed by atoms with Crippen molar-refractivity contribution in [2.45, 2.75) is 6.42 Å². The number of nitrogens with one attached hydrogen (secondary N) is 1. The maximum Gasteiger partial charge on any atom is 0.246 e. The summed E-state index contributed by atoms with van der Waals surface area (Å²) < 4.78 is 5.09. The van der Waals surface area contributed by atoms with Crippen molar-refractivity contribution in [2.75, 3.05) is 31.7 Å². The van der Waals surface area contributed by atoms with Gasteiger partial charge in [-0.1, -0.05) is 12.1 Å². The Morgan fingerprint density at radius 3 is 2.70 bits per heavy atom. The Kier molecular flexibility index (Phi) is 4.78. The van der Waals surface area contributed by atoms with Crippen LogP contribution in [0.15, 0.2) is 24.3 Å². The van der Waals surface area contributed by atoms with E-state index in [1.807, 2.05) is 29.2 Å². The van der Waals surface area contributed by atoms with Gasteiger partial charge in [0.1, 0.15) is 5.52 Å². The molecule has 0 atom stereocenters. The van der Waals surface area contributed by atoms with Gasteiger partial charge in [-0.3, -0.25) is 5.41 Å². The molecule has 7 heteroatoms. The number of amidine groups is 1. The predicted molar refractivity (Wildman–Crippen MR) is 78.0 cm³/mol. The summed E-state index contributed by atoms with van der Waals surface area (Å²) in [7, 11) is 1.64. The molecule has 0 bridgehead atoms. The summed E-state index contributed by atoms with van der Waals surface area (Å²) in [5, 5.41) is 15.6. The second kappa shape index (κ2) is 6.76. The zero-order valence-electron chi connectivity index (χ0n) is 11.4. The monoisotopic (exact) mass is 274 g/mol. The first-order chi connectivity index (χ1) is 9.70. The number of fused-ring (bicyclic) bond motifs is 1. The Morgan fingerprint density at radius 1 is 1.25 bits per heavy atom. The quantitative estimate of drug-likeness (QED) is 0.572. The number of hydrogen-bond donors (Lipinski definition) is 2. The maximum absolute atomic E-state index is 7.32. The van der Waals surface area contributed by atoms with E-state index in [1.165, 1.54) is 0 Å². The van der Waals surface area contributed by atoms with Crippen LogP contribution in [-0.2, 0) is 4.74 Å². The molecule has 0 amide bonds. The average Bonchev–Trinajstić information content (AvgIpc) is 2.46. The number of nitrogens with zero attached hydrogens (tertiary/aromatic N) is 4. The van der Waals surface area contributed by atoms with Crippen molar-refractivity contribution in [1.29, 1.82) is 5.41 Å². The second-order valence-electron chi connectivity index (χ2n) is 4.36. The van der Waals surface area contributed by atoms with Gasteiger partial charge >= 0.3 is 0 Å². The zero-order valence-corrected chi connectivity index (χ0v) is 11.4. The molecule has 7 nitrogen and oxygen atoms in total. The van der Waals surface area contributed by atoms with Crippen LogP contribution in [0.2, 0.25) is 0 Å². The van der Waals surface area contributed by atoms with Crippen molar-refractivity contribution in [2.24, 2.45) is 5.73 Å². The number of aromatic nitrogens is 3. The van der Waals surface area contributed by atoms with Crippen LogP contribution in [0.5, 0.6) is 0 Å². The number of hydrogen-bond acceptors (Lipinski definition) is 6. The summed E-state index contributed by atoms with van der Waals surface area (Å²) in [6.45, 7) is 1.75. The number of para-hydroxylation sites is 1. The van der Waals surface area contributed by atoms with Crippen molar-refractivity contribution in [3.05, 3.63) is 24.3 Å². The molecule has 0 aliphatic rings. The Hall–Kier alpha value is -2.28. The molecule has 1 heterocycles. The Morgan fingerprint density at radius 2 is 2.00 bits per heavy atom. The molecule has 0 fully saturated rings. The standard InChI is InChI=1S/C13H18N6O/c1-20-9-8-19(7-6-12(14)15)13-16-10-4-2-3-5-11(10)17-18-13/h2-5H,6-9H2,1H3,(H3,14,15). The summed E-state index contributed by atoms with van der Waals surface area (Å²) in [5.74, 6) is 0.670. The number of rotatable bonds is 7. The molecule has 20 heavy (non-hydrogen) atoms. The second-order valence-corrected chi connectivity index (χ2v) is 4.36. The lowest BCUT2D eigenvalue weighted by Crippen LogP contribution is -2.32. The molecule has 1 aromatic carbocycles. The van der Waals surface area contributed by atoms with Crippen LogP contribution in [0, 0.1) is 5.41 Å². The minimum absolute atomic E-state index is 0.140. The number of anilines is 1. The molecule has 3 N–H and O–H groups in total. The van der Waals surface area contributed by atoms with Gasteiger partial charge in [0.15, 0.2) is 0 Å². The zero-order chi connectivity index (χ0) is 14.4. The van der Waals surface area contributed by atoms with Gasteiger partial charge in [-0.15, -0.1) is 10.2 Å². The van der Waals surface area contributed by atoms with E-state index in [1.54, 1.807) is 7.11 Å². The summed E-state index contributed by atoms with van der Waals surface area (Å²) in [6, 6.07) is 7.58. The molecular formula is C13H18N6O. The molecular weight excluding hydrogens is 256 g/mol. The fourth-order valence-electron chi connectivity index (χ4n) is 1.77. The van der Waals surface area contributed by atoms with Crippen LogP contribution in [0.1, 0.15) is 6.42 Å². The predicted octanol–water partition coefficient (Wildman–Crippen LogP) is 0.804. The molecule has 0 spiro atoms. The highest BCUT2D eigenvalue weighted by atomic mass is 16.5. The largest absolute Gasteiger partial charge is 0.388 e. The van der Waals surface area contributed by atoms with Crippen LogP contribution in [0.4, 0.5) is 5.95 Å². The van der Waals surface area contributed by atoms with E-state index in [9.17, 15) is 0 Å². The van der Waals surface area contributed by atoms with E-state index >= 15 is 0 Å². The molecule has 0 saturated heterocycles. The van der Waals surface area contributed by atoms with Crippen LogP contribution in [-0.4, -0.2) is 47.8 Å². The first-order valence-electron chi connectivity index (χ1n) is 6.37. The number of methoxy groups -OCH3 is 1. The van der Waals surface area contributed by atoms with Gasteiger partial charge in [0.2, 0.25) is 5.95 Å². The van der Waals surface area contributed by atoms with E-state index in [-0.39, 0.29) is 5.84 Å².